The summed E-state index contributed by atoms with van der Waals surface area (Å²) in [7, 11) is 0. The van der Waals surface area contributed by atoms with Gasteiger partial charge in [-0.15, -0.1) is 0 Å². The molecule has 1 heterocycles. The SMILES string of the molecule is [2H]c1c([2H])c([2H])c2c(-c3ccc4oc5c6ccccc6ccc5c4c3)c3c([2H])c([2H])c([2H])c([2H])c3c(-c3ccc(-c4cc5ccccc5c5ccccc45)cc3)c2c1[2H]. The van der Waals surface area contributed by atoms with Crippen LogP contribution in [0.2, 0.25) is 0 Å². The van der Waals surface area contributed by atoms with Crippen LogP contribution in [0, 0.1) is 0 Å². The first kappa shape index (κ1) is 21.4. The van der Waals surface area contributed by atoms with Crippen LogP contribution in [-0.2, 0) is 0 Å². The highest BCUT2D eigenvalue weighted by Gasteiger charge is 2.19. The van der Waals surface area contributed by atoms with Crippen molar-refractivity contribution >= 4 is 75.8 Å². The lowest BCUT2D eigenvalue weighted by atomic mass is 9.85. The van der Waals surface area contributed by atoms with Crippen LogP contribution in [0.25, 0.3) is 109 Å². The molecule has 0 N–H and O–H groups in total. The Hall–Kier alpha value is -6.70. The molecule has 0 radical (unpaired) electrons. The van der Waals surface area contributed by atoms with Crippen molar-refractivity contribution in [3.8, 4) is 33.4 Å². The van der Waals surface area contributed by atoms with Gasteiger partial charge < -0.3 is 4.42 Å². The van der Waals surface area contributed by atoms with Crippen LogP contribution in [0.3, 0.4) is 0 Å². The fraction of sp³-hybridized carbons (Fsp3) is 0. The largest absolute Gasteiger partial charge is 0.455 e. The molecular formula is C50H30O. The molecule has 0 aliphatic carbocycles. The molecule has 0 spiro atoms. The number of hydrogen-bond donors (Lipinski definition) is 0. The van der Waals surface area contributed by atoms with Crippen molar-refractivity contribution in [3.05, 3.63) is 182 Å². The van der Waals surface area contributed by atoms with Gasteiger partial charge in [-0.1, -0.05) is 158 Å². The van der Waals surface area contributed by atoms with Crippen LogP contribution in [0.15, 0.2) is 186 Å². The lowest BCUT2D eigenvalue weighted by Gasteiger charge is -2.18. The summed E-state index contributed by atoms with van der Waals surface area (Å²) in [5.74, 6) is 0. The van der Waals surface area contributed by atoms with Gasteiger partial charge in [0.15, 0.2) is 0 Å². The Morgan fingerprint density at radius 2 is 0.902 bits per heavy atom. The van der Waals surface area contributed by atoms with Crippen molar-refractivity contribution in [2.24, 2.45) is 0 Å². The second-order valence-electron chi connectivity index (χ2n) is 13.0. The van der Waals surface area contributed by atoms with Crippen molar-refractivity contribution in [2.75, 3.05) is 0 Å². The number of benzene rings is 10. The third-order valence-electron chi connectivity index (χ3n) is 10.3. The molecule has 0 unspecified atom stereocenters. The van der Waals surface area contributed by atoms with E-state index < -0.39 is 24.2 Å². The molecule has 0 aliphatic heterocycles. The third kappa shape index (κ3) is 4.22. The molecule has 0 amide bonds. The summed E-state index contributed by atoms with van der Waals surface area (Å²) in [6, 6.07) is 41.0. The van der Waals surface area contributed by atoms with E-state index in [0.717, 1.165) is 54.2 Å². The third-order valence-corrected chi connectivity index (χ3v) is 10.3. The second kappa shape index (κ2) is 10.9. The van der Waals surface area contributed by atoms with Crippen LogP contribution in [-0.4, -0.2) is 0 Å². The number of fused-ring (bicyclic) bond motifs is 10. The van der Waals surface area contributed by atoms with Crippen molar-refractivity contribution in [3.63, 3.8) is 0 Å². The molecule has 0 atom stereocenters. The lowest BCUT2D eigenvalue weighted by molar-refractivity contribution is 0.672. The fourth-order valence-electron chi connectivity index (χ4n) is 7.97. The highest BCUT2D eigenvalue weighted by molar-refractivity contribution is 6.23. The minimum atomic E-state index is -0.435. The average molecular weight is 655 g/mol. The predicted molar refractivity (Wildman–Crippen MR) is 218 cm³/mol. The number of rotatable bonds is 3. The van der Waals surface area contributed by atoms with Gasteiger partial charge in [-0.3, -0.25) is 0 Å². The van der Waals surface area contributed by atoms with Crippen molar-refractivity contribution in [2.45, 2.75) is 0 Å². The molecular weight excluding hydrogens is 617 g/mol. The van der Waals surface area contributed by atoms with E-state index in [4.69, 9.17) is 9.90 Å². The smallest absolute Gasteiger partial charge is 0.143 e. The predicted octanol–water partition coefficient (Wildman–Crippen LogP) is 14.4. The van der Waals surface area contributed by atoms with Crippen LogP contribution < -0.4 is 0 Å². The van der Waals surface area contributed by atoms with Gasteiger partial charge in [-0.25, -0.2) is 0 Å². The summed E-state index contributed by atoms with van der Waals surface area (Å²) in [4.78, 5) is 0. The van der Waals surface area contributed by atoms with E-state index in [2.05, 4.69) is 30.3 Å². The number of furan rings is 1. The lowest BCUT2D eigenvalue weighted by Crippen LogP contribution is -1.91. The Kier molecular flexibility index (Phi) is 4.57. The molecule has 0 saturated heterocycles. The molecule has 10 aromatic carbocycles. The van der Waals surface area contributed by atoms with E-state index in [1.165, 1.54) is 0 Å². The Bertz CT molecular complexity index is 3560. The van der Waals surface area contributed by atoms with Gasteiger partial charge in [0.1, 0.15) is 11.2 Å². The molecule has 11 aromatic rings. The monoisotopic (exact) mass is 654 g/mol. The summed E-state index contributed by atoms with van der Waals surface area (Å²) in [5, 5.41) is 8.75. The normalized spacial score (nSPS) is 14.1. The Morgan fingerprint density at radius 3 is 1.61 bits per heavy atom. The minimum absolute atomic E-state index is 0.172. The average Bonchev–Trinajstić information content (AvgIpc) is 3.66. The minimum Gasteiger partial charge on any atom is -0.455 e. The summed E-state index contributed by atoms with van der Waals surface area (Å²) >= 11 is 0. The van der Waals surface area contributed by atoms with Crippen LogP contribution in [0.4, 0.5) is 0 Å². The molecule has 0 fully saturated rings. The molecule has 1 aromatic heterocycles. The quantitative estimate of drug-likeness (QED) is 0.136. The van der Waals surface area contributed by atoms with E-state index in [-0.39, 0.29) is 45.7 Å². The van der Waals surface area contributed by atoms with Crippen LogP contribution >= 0.6 is 0 Å². The molecule has 0 aliphatic rings. The van der Waals surface area contributed by atoms with Crippen LogP contribution in [0.1, 0.15) is 11.0 Å². The van der Waals surface area contributed by atoms with E-state index >= 15 is 0 Å². The Labute approximate surface area is 305 Å². The van der Waals surface area contributed by atoms with E-state index in [1.54, 1.807) is 6.07 Å². The van der Waals surface area contributed by atoms with Crippen molar-refractivity contribution in [1.29, 1.82) is 0 Å². The van der Waals surface area contributed by atoms with Gasteiger partial charge in [0.25, 0.3) is 0 Å². The van der Waals surface area contributed by atoms with E-state index in [0.29, 0.717) is 33.4 Å². The maximum Gasteiger partial charge on any atom is 0.143 e. The standard InChI is InChI=1S/C50H30O/c1-4-14-37-31(11-1)25-27-44-46-30-35(26-28-47(46)51-50(37)44)49-42-19-9-7-17-40(42)48(41-18-8-10-20-43(41)49)33-23-21-32(22-24-33)45-29-34-12-2-3-13-36(34)38-15-5-6-16-39(38)45/h1-30H/i7D,8D,9D,10D,17D,18D,19D,20D. The van der Waals surface area contributed by atoms with Gasteiger partial charge in [-0.2, -0.15) is 0 Å². The number of hydrogen-bond acceptors (Lipinski definition) is 1. The maximum absolute atomic E-state index is 9.41. The summed E-state index contributed by atoms with van der Waals surface area (Å²) in [6.07, 6.45) is 0. The topological polar surface area (TPSA) is 13.1 Å². The summed E-state index contributed by atoms with van der Waals surface area (Å²) in [6.45, 7) is 0. The first-order chi connectivity index (χ1) is 28.6. The molecule has 1 heteroatoms. The van der Waals surface area contributed by atoms with Crippen molar-refractivity contribution < 1.29 is 15.4 Å². The Morgan fingerprint density at radius 1 is 0.353 bits per heavy atom. The van der Waals surface area contributed by atoms with Gasteiger partial charge >= 0.3 is 0 Å². The molecule has 236 valence electrons. The maximum atomic E-state index is 9.41. The second-order valence-corrected chi connectivity index (χ2v) is 13.0. The fourth-order valence-corrected chi connectivity index (χ4v) is 7.97. The highest BCUT2D eigenvalue weighted by atomic mass is 16.3. The first-order valence-electron chi connectivity index (χ1n) is 20.9. The van der Waals surface area contributed by atoms with Crippen molar-refractivity contribution in [1.82, 2.24) is 0 Å². The van der Waals surface area contributed by atoms with E-state index in [9.17, 15) is 5.48 Å². The zero-order valence-corrected chi connectivity index (χ0v) is 27.1. The first-order valence-corrected chi connectivity index (χ1v) is 16.9. The van der Waals surface area contributed by atoms with Gasteiger partial charge in [0, 0.05) is 16.2 Å². The van der Waals surface area contributed by atoms with Gasteiger partial charge in [-0.05, 0) is 106 Å². The molecule has 1 nitrogen and oxygen atoms in total. The van der Waals surface area contributed by atoms with Gasteiger partial charge in [0.2, 0.25) is 0 Å². The summed E-state index contributed by atoms with van der Waals surface area (Å²) in [5.41, 5.74) is 4.98. The zero-order valence-electron chi connectivity index (χ0n) is 35.1. The molecule has 11 rings (SSSR count). The van der Waals surface area contributed by atoms with E-state index in [1.807, 2.05) is 97.1 Å². The molecule has 0 saturated carbocycles. The highest BCUT2D eigenvalue weighted by Crippen LogP contribution is 2.46. The Balaban J connectivity index is 1.24. The van der Waals surface area contributed by atoms with Gasteiger partial charge in [0.05, 0.1) is 11.0 Å². The molecule has 0 bridgehead atoms. The summed E-state index contributed by atoms with van der Waals surface area (Å²) < 4.78 is 79.5. The van der Waals surface area contributed by atoms with Crippen LogP contribution in [0.5, 0.6) is 0 Å². The zero-order chi connectivity index (χ0) is 40.4. The molecule has 51 heavy (non-hydrogen) atoms.